The Hall–Kier alpha value is -1.80. The quantitative estimate of drug-likeness (QED) is 0.730. The number of H-pyrrole nitrogens is 1. The molecule has 96 valence electrons. The highest BCUT2D eigenvalue weighted by atomic mass is 79.9. The first-order chi connectivity index (χ1) is 9.15. The number of aromatic amines is 1. The lowest BCUT2D eigenvalue weighted by Gasteiger charge is -2.04. The summed E-state index contributed by atoms with van der Waals surface area (Å²) < 4.78 is 4.97. The van der Waals surface area contributed by atoms with E-state index in [0.717, 1.165) is 10.2 Å². The number of rotatable bonds is 2. The van der Waals surface area contributed by atoms with Gasteiger partial charge in [-0.15, -0.1) is 5.10 Å². The molecule has 0 radical (unpaired) electrons. The Morgan fingerprint density at radius 1 is 1.26 bits per heavy atom. The molecule has 0 saturated carbocycles. The van der Waals surface area contributed by atoms with E-state index in [0.29, 0.717) is 16.3 Å². The van der Waals surface area contributed by atoms with Gasteiger partial charge in [-0.2, -0.15) is 5.10 Å². The maximum absolute atomic E-state index is 5.27. The van der Waals surface area contributed by atoms with Crippen LogP contribution in [0.3, 0.4) is 0 Å². The number of nitrogens with one attached hydrogen (secondary N) is 1. The number of nitrogens with zero attached hydrogens (tertiary/aromatic N) is 5. The summed E-state index contributed by atoms with van der Waals surface area (Å²) in [6, 6.07) is 7.81. The predicted molar refractivity (Wildman–Crippen MR) is 76.4 cm³/mol. The van der Waals surface area contributed by atoms with E-state index in [4.69, 9.17) is 12.2 Å². The minimum absolute atomic E-state index is 0.517. The van der Waals surface area contributed by atoms with Crippen LogP contribution in [0.25, 0.3) is 17.2 Å². The maximum atomic E-state index is 5.27. The van der Waals surface area contributed by atoms with Crippen molar-refractivity contribution in [2.24, 2.45) is 7.05 Å². The molecule has 3 rings (SSSR count). The second kappa shape index (κ2) is 4.71. The van der Waals surface area contributed by atoms with Crippen LogP contribution in [0.2, 0.25) is 0 Å². The Morgan fingerprint density at radius 3 is 2.63 bits per heavy atom. The first kappa shape index (κ1) is 12.2. The summed E-state index contributed by atoms with van der Waals surface area (Å²) in [5.41, 5.74) is 1.58. The highest BCUT2D eigenvalue weighted by molar-refractivity contribution is 9.10. The third-order valence-electron chi connectivity index (χ3n) is 2.59. The molecule has 1 N–H and O–H groups in total. The Balaban J connectivity index is 2.19. The zero-order valence-corrected chi connectivity index (χ0v) is 12.3. The Bertz CT molecular complexity index is 769. The normalized spacial score (nSPS) is 10.8. The third-order valence-corrected chi connectivity index (χ3v) is 3.39. The second-order valence-corrected chi connectivity index (χ2v) is 5.24. The highest BCUT2D eigenvalue weighted by Gasteiger charge is 2.13. The standard InChI is InChI=1S/C11H9BrN6S/c1-17-6-9(13-16-17)10-14-15-11(19)18(10)8-4-2-7(12)3-5-8/h2-6H,1H3,(H,15,19). The van der Waals surface area contributed by atoms with E-state index in [9.17, 15) is 0 Å². The zero-order chi connectivity index (χ0) is 13.4. The molecule has 0 saturated heterocycles. The summed E-state index contributed by atoms with van der Waals surface area (Å²) in [5.74, 6) is 0.639. The van der Waals surface area contributed by atoms with E-state index in [2.05, 4.69) is 36.4 Å². The fourth-order valence-corrected chi connectivity index (χ4v) is 2.25. The van der Waals surface area contributed by atoms with Crippen LogP contribution in [0.5, 0.6) is 0 Å². The maximum Gasteiger partial charge on any atom is 0.200 e. The fourth-order valence-electron chi connectivity index (χ4n) is 1.75. The van der Waals surface area contributed by atoms with Gasteiger partial charge < -0.3 is 0 Å². The van der Waals surface area contributed by atoms with Crippen LogP contribution in [-0.2, 0) is 7.05 Å². The summed E-state index contributed by atoms with van der Waals surface area (Å²) in [5, 5.41) is 15.0. The molecule has 0 spiro atoms. The van der Waals surface area contributed by atoms with Crippen molar-refractivity contribution in [3.8, 4) is 17.2 Å². The average molecular weight is 337 g/mol. The molecule has 0 unspecified atom stereocenters. The summed E-state index contributed by atoms with van der Waals surface area (Å²) in [7, 11) is 1.81. The van der Waals surface area contributed by atoms with Gasteiger partial charge in [0.15, 0.2) is 16.3 Å². The molecule has 1 aromatic carbocycles. The first-order valence-electron chi connectivity index (χ1n) is 5.45. The summed E-state index contributed by atoms with van der Waals surface area (Å²) in [4.78, 5) is 0. The monoisotopic (exact) mass is 336 g/mol. The van der Waals surface area contributed by atoms with Crippen molar-refractivity contribution in [2.75, 3.05) is 0 Å². The topological polar surface area (TPSA) is 64.3 Å². The van der Waals surface area contributed by atoms with Crippen molar-refractivity contribution in [1.82, 2.24) is 29.8 Å². The van der Waals surface area contributed by atoms with E-state index in [1.807, 2.05) is 35.9 Å². The van der Waals surface area contributed by atoms with Gasteiger partial charge in [0.25, 0.3) is 0 Å². The lowest BCUT2D eigenvalue weighted by atomic mass is 10.3. The molecule has 0 aliphatic heterocycles. The van der Waals surface area contributed by atoms with E-state index in [-0.39, 0.29) is 0 Å². The lowest BCUT2D eigenvalue weighted by molar-refractivity contribution is 0.715. The van der Waals surface area contributed by atoms with E-state index in [1.54, 1.807) is 10.9 Å². The van der Waals surface area contributed by atoms with Gasteiger partial charge in [0.05, 0.1) is 11.9 Å². The van der Waals surface area contributed by atoms with E-state index < -0.39 is 0 Å². The van der Waals surface area contributed by atoms with Gasteiger partial charge in [-0.25, -0.2) is 0 Å². The number of halogens is 1. The minimum Gasteiger partial charge on any atom is -0.267 e. The van der Waals surface area contributed by atoms with Crippen LogP contribution < -0.4 is 0 Å². The Morgan fingerprint density at radius 2 is 2.00 bits per heavy atom. The van der Waals surface area contributed by atoms with Gasteiger partial charge in [-0.3, -0.25) is 14.3 Å². The number of aromatic nitrogens is 6. The highest BCUT2D eigenvalue weighted by Crippen LogP contribution is 2.20. The number of hydrogen-bond acceptors (Lipinski definition) is 4. The summed E-state index contributed by atoms with van der Waals surface area (Å²) in [6.07, 6.45) is 1.79. The number of aryl methyl sites for hydroxylation is 1. The van der Waals surface area contributed by atoms with Gasteiger partial charge in [-0.05, 0) is 36.5 Å². The van der Waals surface area contributed by atoms with Crippen LogP contribution in [-0.4, -0.2) is 29.8 Å². The molecule has 0 aliphatic rings. The summed E-state index contributed by atoms with van der Waals surface area (Å²) in [6.45, 7) is 0. The van der Waals surface area contributed by atoms with Crippen LogP contribution >= 0.6 is 28.1 Å². The molecular weight excluding hydrogens is 328 g/mol. The SMILES string of the molecule is Cn1cc(-c2n[nH]c(=S)n2-c2ccc(Br)cc2)nn1. The zero-order valence-electron chi connectivity index (χ0n) is 9.91. The third kappa shape index (κ3) is 2.24. The van der Waals surface area contributed by atoms with E-state index in [1.165, 1.54) is 0 Å². The van der Waals surface area contributed by atoms with Crippen LogP contribution in [0, 0.1) is 4.77 Å². The molecule has 0 fully saturated rings. The van der Waals surface area contributed by atoms with Crippen LogP contribution in [0.4, 0.5) is 0 Å². The molecule has 2 aromatic heterocycles. The molecule has 0 bridgehead atoms. The predicted octanol–water partition coefficient (Wildman–Crippen LogP) is 2.49. The fraction of sp³-hybridized carbons (Fsp3) is 0.0909. The molecule has 0 amide bonds. The van der Waals surface area contributed by atoms with Crippen molar-refractivity contribution in [3.63, 3.8) is 0 Å². The molecule has 19 heavy (non-hydrogen) atoms. The van der Waals surface area contributed by atoms with Crippen LogP contribution in [0.1, 0.15) is 0 Å². The van der Waals surface area contributed by atoms with Crippen molar-refractivity contribution < 1.29 is 0 Å². The largest absolute Gasteiger partial charge is 0.267 e. The van der Waals surface area contributed by atoms with Crippen molar-refractivity contribution in [2.45, 2.75) is 0 Å². The second-order valence-electron chi connectivity index (χ2n) is 3.94. The van der Waals surface area contributed by atoms with Gasteiger partial charge in [-0.1, -0.05) is 21.1 Å². The number of hydrogen-bond donors (Lipinski definition) is 1. The number of benzene rings is 1. The van der Waals surface area contributed by atoms with Crippen LogP contribution in [0.15, 0.2) is 34.9 Å². The molecule has 6 nitrogen and oxygen atoms in total. The van der Waals surface area contributed by atoms with Gasteiger partial charge in [0.1, 0.15) is 0 Å². The summed E-state index contributed by atoms with van der Waals surface area (Å²) >= 11 is 8.68. The first-order valence-corrected chi connectivity index (χ1v) is 6.65. The van der Waals surface area contributed by atoms with Crippen molar-refractivity contribution in [1.29, 1.82) is 0 Å². The minimum atomic E-state index is 0.517. The van der Waals surface area contributed by atoms with E-state index >= 15 is 0 Å². The molecule has 3 aromatic rings. The molecule has 0 atom stereocenters. The molecular formula is C11H9BrN6S. The molecule has 0 aliphatic carbocycles. The molecule has 8 heteroatoms. The Labute approximate surface area is 122 Å². The van der Waals surface area contributed by atoms with Gasteiger partial charge in [0.2, 0.25) is 0 Å². The van der Waals surface area contributed by atoms with Crippen molar-refractivity contribution >= 4 is 28.1 Å². The Kier molecular flexibility index (Phi) is 3.03. The van der Waals surface area contributed by atoms with Gasteiger partial charge >= 0.3 is 0 Å². The molecule has 2 heterocycles. The lowest BCUT2D eigenvalue weighted by Crippen LogP contribution is -1.97. The average Bonchev–Trinajstić information content (AvgIpc) is 2.97. The van der Waals surface area contributed by atoms with Gasteiger partial charge in [0, 0.05) is 11.5 Å². The smallest absolute Gasteiger partial charge is 0.200 e. The van der Waals surface area contributed by atoms with Crippen molar-refractivity contribution in [3.05, 3.63) is 39.7 Å².